The largest absolute Gasteiger partial charge is 0.471 e. The normalized spacial score (nSPS) is 49.5. The lowest BCUT2D eigenvalue weighted by molar-refractivity contribution is -0.247. The minimum Gasteiger partial charge on any atom is -0.471 e. The van der Waals surface area contributed by atoms with Gasteiger partial charge in [-0.25, -0.2) is 0 Å². The molecule has 9 heteroatoms. The van der Waals surface area contributed by atoms with Gasteiger partial charge in [0.05, 0.1) is 25.0 Å². The molecule has 0 amide bonds. The Morgan fingerprint density at radius 1 is 0.614 bits per heavy atom. The third-order valence-corrected chi connectivity index (χ3v) is 25.0. The number of ketones is 2. The Labute approximate surface area is 418 Å². The molecule has 6 fully saturated rings. The monoisotopic (exact) mass is 959 g/mol. The number of hydrogen-bond donors (Lipinski definition) is 0. The van der Waals surface area contributed by atoms with E-state index in [2.05, 4.69) is 81.4 Å². The number of esters is 2. The van der Waals surface area contributed by atoms with Gasteiger partial charge < -0.3 is 23.7 Å². The first-order chi connectivity index (χ1) is 32.5. The quantitative estimate of drug-likeness (QED) is 0.273. The molecule has 9 aliphatic carbocycles. The number of methoxy groups -OCH3 is 3. The fraction of sp³-hybridized carbons (Fsp3) is 0.738. The molecule has 1 aliphatic heterocycles. The van der Waals surface area contributed by atoms with Crippen molar-refractivity contribution in [1.82, 2.24) is 0 Å². The van der Waals surface area contributed by atoms with Crippen molar-refractivity contribution < 1.29 is 42.9 Å². The zero-order valence-electron chi connectivity index (χ0n) is 45.3. The SMILES string of the molecule is COC(=O)[C@]1(C)CC[C@]2(C)CC[C@]3(C)C4=CC(=O)c5c(cc6c(c5C)O[C@]5(OC)C(=O)C=C7C(=CC[C@H]8[C@@]7(C)CC[C@@]7(C)[C@@H]9C[C@](C)(C(=O)OC)CC[C@]9(C)CC[C@]87C)[C@]5(C)O6)[C@]4(C)CC[C@@]3(C)[C@@H]2C1. The lowest BCUT2D eigenvalue weighted by Crippen LogP contribution is -2.71. The van der Waals surface area contributed by atoms with Gasteiger partial charge in [0, 0.05) is 29.2 Å². The third kappa shape index (κ3) is 5.45. The fourth-order valence-electron chi connectivity index (χ4n) is 19.9. The second-order valence-electron chi connectivity index (χ2n) is 27.8. The number of hydrogen-bond acceptors (Lipinski definition) is 9. The number of benzene rings is 1. The highest BCUT2D eigenvalue weighted by Gasteiger charge is 2.74. The van der Waals surface area contributed by atoms with E-state index in [-0.39, 0.29) is 73.2 Å². The van der Waals surface area contributed by atoms with Crippen molar-refractivity contribution in [1.29, 1.82) is 0 Å². The molecular formula is C61H82O9. The van der Waals surface area contributed by atoms with Crippen molar-refractivity contribution >= 4 is 23.5 Å². The summed E-state index contributed by atoms with van der Waals surface area (Å²) in [5.74, 6) is -0.481. The second kappa shape index (κ2) is 14.3. The smallest absolute Gasteiger partial charge is 0.319 e. The summed E-state index contributed by atoms with van der Waals surface area (Å²) in [6, 6.07) is 2.09. The molecule has 1 aromatic carbocycles. The molecule has 1 aromatic rings. The average Bonchev–Trinajstić information content (AvgIpc) is 3.32. The Balaban J connectivity index is 0.970. The molecule has 0 radical (unpaired) electrons. The minimum atomic E-state index is -1.81. The molecule has 0 bridgehead atoms. The van der Waals surface area contributed by atoms with E-state index >= 15 is 4.79 Å². The van der Waals surface area contributed by atoms with Gasteiger partial charge in [-0.2, -0.15) is 0 Å². The van der Waals surface area contributed by atoms with Gasteiger partial charge in [-0.15, -0.1) is 0 Å². The Morgan fingerprint density at radius 3 is 1.76 bits per heavy atom. The average molecular weight is 959 g/mol. The van der Waals surface area contributed by atoms with Crippen molar-refractivity contribution in [2.75, 3.05) is 21.3 Å². The van der Waals surface area contributed by atoms with Gasteiger partial charge in [0.25, 0.3) is 0 Å². The maximum atomic E-state index is 15.2. The summed E-state index contributed by atoms with van der Waals surface area (Å²) < 4.78 is 31.8. The van der Waals surface area contributed by atoms with Gasteiger partial charge in [0.2, 0.25) is 11.4 Å². The van der Waals surface area contributed by atoms with Crippen LogP contribution in [0.25, 0.3) is 0 Å². The maximum absolute atomic E-state index is 15.2. The van der Waals surface area contributed by atoms with Crippen molar-refractivity contribution in [2.45, 2.75) is 196 Å². The van der Waals surface area contributed by atoms with Crippen LogP contribution in [0.5, 0.6) is 11.5 Å². The first-order valence-electron chi connectivity index (χ1n) is 27.1. The number of carbonyl (C=O) groups is 4. The standard InChI is InChI=1S/C61H82O9/c1-35-46-38(55(7)25-29-59(11)44-34-53(5,49(65)67-14)21-19-51(44,3)23-27-57(59,9)42(55)32-39(46)62)30-40-47(35)70-61(68-15)45(63)31-37-36(60(61,12)69-40)16-17-41-54(37,6)24-28-58(10)43-33-52(4,48(64)66-13)20-18-50(43,2)22-26-56(41,58)8/h16,30-32,41,43-44H,17-29,33-34H2,1-15H3/t41-,43+,44+,50+,51+,52+,53+,54-,55-,56+,57+,58-,59-,60-,61+/m0/s1. The molecule has 1 heterocycles. The highest BCUT2D eigenvalue weighted by molar-refractivity contribution is 6.10. The van der Waals surface area contributed by atoms with Crippen LogP contribution in [0.2, 0.25) is 0 Å². The Kier molecular flexibility index (Phi) is 9.93. The van der Waals surface area contributed by atoms with Crippen LogP contribution in [0, 0.1) is 73.4 Å². The van der Waals surface area contributed by atoms with E-state index in [4.69, 9.17) is 23.7 Å². The maximum Gasteiger partial charge on any atom is 0.319 e. The van der Waals surface area contributed by atoms with Gasteiger partial charge in [-0.05, 0) is 215 Å². The summed E-state index contributed by atoms with van der Waals surface area (Å²) in [7, 11) is 4.59. The van der Waals surface area contributed by atoms with E-state index in [1.54, 1.807) is 7.11 Å². The molecule has 0 spiro atoms. The molecule has 11 rings (SSSR count). The van der Waals surface area contributed by atoms with Crippen LogP contribution in [0.3, 0.4) is 0 Å². The van der Waals surface area contributed by atoms with Crippen molar-refractivity contribution in [3.05, 3.63) is 57.7 Å². The van der Waals surface area contributed by atoms with Crippen molar-refractivity contribution in [2.24, 2.45) is 66.5 Å². The van der Waals surface area contributed by atoms with Crippen LogP contribution < -0.4 is 9.47 Å². The number of carbonyl (C=O) groups excluding carboxylic acids is 4. The van der Waals surface area contributed by atoms with E-state index in [1.165, 1.54) is 19.8 Å². The van der Waals surface area contributed by atoms with Gasteiger partial charge in [0.1, 0.15) is 0 Å². The molecule has 10 aliphatic rings. The summed E-state index contributed by atoms with van der Waals surface area (Å²) in [4.78, 5) is 56.9. The number of rotatable bonds is 3. The van der Waals surface area contributed by atoms with Crippen LogP contribution in [-0.2, 0) is 34.0 Å². The summed E-state index contributed by atoms with van der Waals surface area (Å²) in [6.45, 7) is 27.8. The number of ether oxygens (including phenoxy) is 5. The predicted molar refractivity (Wildman–Crippen MR) is 268 cm³/mol. The van der Waals surface area contributed by atoms with Crippen LogP contribution >= 0.6 is 0 Å². The van der Waals surface area contributed by atoms with Crippen LogP contribution in [0.15, 0.2) is 41.0 Å². The van der Waals surface area contributed by atoms with Crippen LogP contribution in [0.4, 0.5) is 0 Å². The number of allylic oxidation sites excluding steroid dienone is 3. The van der Waals surface area contributed by atoms with E-state index in [0.29, 0.717) is 28.5 Å². The lowest BCUT2D eigenvalue weighted by atomic mass is 9.32. The molecule has 15 atom stereocenters. The highest BCUT2D eigenvalue weighted by atomic mass is 16.7. The second-order valence-corrected chi connectivity index (χ2v) is 27.8. The van der Waals surface area contributed by atoms with Crippen LogP contribution in [0.1, 0.15) is 194 Å². The number of fused-ring (bicyclic) bond motifs is 17. The zero-order valence-corrected chi connectivity index (χ0v) is 45.3. The summed E-state index contributed by atoms with van der Waals surface area (Å²) in [5, 5.41) is 0. The lowest BCUT2D eigenvalue weighted by Gasteiger charge is -2.72. The van der Waals surface area contributed by atoms with E-state index < -0.39 is 27.6 Å². The fourth-order valence-corrected chi connectivity index (χ4v) is 19.9. The van der Waals surface area contributed by atoms with E-state index in [9.17, 15) is 14.4 Å². The summed E-state index contributed by atoms with van der Waals surface area (Å²) >= 11 is 0. The minimum absolute atomic E-state index is 0.0174. The Morgan fingerprint density at radius 2 is 1.16 bits per heavy atom. The molecule has 9 nitrogen and oxygen atoms in total. The van der Waals surface area contributed by atoms with E-state index in [0.717, 1.165) is 113 Å². The van der Waals surface area contributed by atoms with Crippen molar-refractivity contribution in [3.63, 3.8) is 0 Å². The molecule has 70 heavy (non-hydrogen) atoms. The molecule has 0 N–H and O–H groups in total. The highest BCUT2D eigenvalue weighted by Crippen LogP contribution is 2.78. The molecule has 0 aromatic heterocycles. The van der Waals surface area contributed by atoms with Gasteiger partial charge in [0.15, 0.2) is 17.3 Å². The summed E-state index contributed by atoms with van der Waals surface area (Å²) in [5.41, 5.74) is 2.05. The van der Waals surface area contributed by atoms with Crippen LogP contribution in [-0.4, -0.2) is 56.2 Å². The van der Waals surface area contributed by atoms with Gasteiger partial charge >= 0.3 is 17.7 Å². The topological polar surface area (TPSA) is 114 Å². The Hall–Kier alpha value is -3.72. The van der Waals surface area contributed by atoms with E-state index in [1.807, 2.05) is 26.0 Å². The molecule has 6 saturated carbocycles. The predicted octanol–water partition coefficient (Wildman–Crippen LogP) is 12.9. The third-order valence-electron chi connectivity index (χ3n) is 25.0. The molecule has 0 unspecified atom stereocenters. The first-order valence-corrected chi connectivity index (χ1v) is 27.1. The van der Waals surface area contributed by atoms with Gasteiger partial charge in [-0.1, -0.05) is 61.5 Å². The zero-order chi connectivity index (χ0) is 50.6. The van der Waals surface area contributed by atoms with Crippen molar-refractivity contribution in [3.8, 4) is 11.5 Å². The summed E-state index contributed by atoms with van der Waals surface area (Å²) in [6.07, 6.45) is 20.3. The molecule has 0 saturated heterocycles. The molecule has 380 valence electrons. The first kappa shape index (κ1) is 48.5. The molecular weight excluding hydrogens is 877 g/mol. The Bertz CT molecular complexity index is 2680. The van der Waals surface area contributed by atoms with Gasteiger partial charge in [-0.3, -0.25) is 19.2 Å².